The highest BCUT2D eigenvalue weighted by molar-refractivity contribution is 7.62. The van der Waals surface area contributed by atoms with Crippen LogP contribution in [0.25, 0.3) is 0 Å². The lowest BCUT2D eigenvalue weighted by atomic mass is 10.1. The summed E-state index contributed by atoms with van der Waals surface area (Å²) in [5.41, 5.74) is 2.32. The average Bonchev–Trinajstić information content (AvgIpc) is 2.53. The Bertz CT molecular complexity index is 671. The first kappa shape index (κ1) is 20.8. The second kappa shape index (κ2) is 9.32. The smallest absolute Gasteiger partial charge is 0.367 e. The molecule has 1 aromatic rings. The quantitative estimate of drug-likeness (QED) is 0.287. The summed E-state index contributed by atoms with van der Waals surface area (Å²) in [6.07, 6.45) is 1.90. The van der Waals surface area contributed by atoms with Crippen molar-refractivity contribution in [3.63, 3.8) is 0 Å². The average molecular weight is 368 g/mol. The van der Waals surface area contributed by atoms with Crippen LogP contribution in [0.1, 0.15) is 16.7 Å². The summed E-state index contributed by atoms with van der Waals surface area (Å²) in [4.78, 5) is 22.2. The van der Waals surface area contributed by atoms with Gasteiger partial charge in [0.2, 0.25) is 13.6 Å². The van der Waals surface area contributed by atoms with Crippen molar-refractivity contribution in [2.75, 3.05) is 13.6 Å². The normalized spacial score (nSPS) is 10.8. The molecule has 0 saturated heterocycles. The molecule has 0 heterocycles. The maximum Gasteiger partial charge on any atom is 0.367 e. The van der Waals surface area contributed by atoms with Gasteiger partial charge in [-0.3, -0.25) is 13.6 Å². The number of rotatable bonds is 9. The largest absolute Gasteiger partial charge is 0.435 e. The van der Waals surface area contributed by atoms with Gasteiger partial charge in [-0.2, -0.15) is 0 Å². The SMILES string of the molecule is C=CC(=O)OCOP(=O)(OCOC(=O)C=C)c1c(C)cc(C)cc1C. The van der Waals surface area contributed by atoms with Crippen LogP contribution in [0.2, 0.25) is 0 Å². The predicted molar refractivity (Wildman–Crippen MR) is 92.4 cm³/mol. The topological polar surface area (TPSA) is 88.1 Å². The highest BCUT2D eigenvalue weighted by atomic mass is 31.2. The molecule has 136 valence electrons. The number of aryl methyl sites for hydroxylation is 3. The first-order valence-electron chi connectivity index (χ1n) is 7.29. The minimum absolute atomic E-state index is 0.322. The van der Waals surface area contributed by atoms with Gasteiger partial charge in [0, 0.05) is 12.2 Å². The molecule has 25 heavy (non-hydrogen) atoms. The van der Waals surface area contributed by atoms with E-state index in [0.29, 0.717) is 16.4 Å². The van der Waals surface area contributed by atoms with Crippen molar-refractivity contribution in [1.29, 1.82) is 0 Å². The van der Waals surface area contributed by atoms with Crippen molar-refractivity contribution in [2.45, 2.75) is 20.8 Å². The van der Waals surface area contributed by atoms with Crippen molar-refractivity contribution >= 4 is 24.8 Å². The van der Waals surface area contributed by atoms with Gasteiger partial charge < -0.3 is 9.47 Å². The molecule has 0 fully saturated rings. The van der Waals surface area contributed by atoms with Crippen molar-refractivity contribution in [3.05, 3.63) is 54.1 Å². The molecule has 0 aliphatic carbocycles. The summed E-state index contributed by atoms with van der Waals surface area (Å²) in [6, 6.07) is 3.63. The van der Waals surface area contributed by atoms with Gasteiger partial charge in [-0.05, 0) is 31.9 Å². The number of ether oxygens (including phenoxy) is 2. The van der Waals surface area contributed by atoms with Crippen LogP contribution < -0.4 is 5.30 Å². The van der Waals surface area contributed by atoms with Crippen molar-refractivity contribution in [1.82, 2.24) is 0 Å². The molecular weight excluding hydrogens is 347 g/mol. The third-order valence-electron chi connectivity index (χ3n) is 3.09. The molecule has 8 heteroatoms. The van der Waals surface area contributed by atoms with Gasteiger partial charge in [0.25, 0.3) is 0 Å². The van der Waals surface area contributed by atoms with Crippen LogP contribution in [-0.4, -0.2) is 25.5 Å². The zero-order valence-electron chi connectivity index (χ0n) is 14.4. The molecule has 0 atom stereocenters. The molecule has 0 unspecified atom stereocenters. The molecule has 0 amide bonds. The Morgan fingerprint density at radius 2 is 1.36 bits per heavy atom. The van der Waals surface area contributed by atoms with E-state index in [4.69, 9.17) is 18.5 Å². The first-order chi connectivity index (χ1) is 11.7. The summed E-state index contributed by atoms with van der Waals surface area (Å²) >= 11 is 0. The third-order valence-corrected chi connectivity index (χ3v) is 5.23. The van der Waals surface area contributed by atoms with Gasteiger partial charge >= 0.3 is 19.5 Å². The van der Waals surface area contributed by atoms with Crippen LogP contribution in [0, 0.1) is 20.8 Å². The van der Waals surface area contributed by atoms with Gasteiger partial charge in [0.1, 0.15) is 0 Å². The number of carbonyl (C=O) groups is 2. The van der Waals surface area contributed by atoms with Crippen molar-refractivity contribution in [3.8, 4) is 0 Å². The Labute approximate surface area is 146 Å². The summed E-state index contributed by atoms with van der Waals surface area (Å²) in [7, 11) is -3.92. The molecule has 0 aliphatic rings. The maximum atomic E-state index is 13.2. The number of hydrogen-bond donors (Lipinski definition) is 0. The van der Waals surface area contributed by atoms with E-state index in [1.807, 2.05) is 19.1 Å². The Hall–Kier alpha value is -2.21. The van der Waals surface area contributed by atoms with E-state index in [1.54, 1.807) is 13.8 Å². The summed E-state index contributed by atoms with van der Waals surface area (Å²) in [5, 5.41) is 0.322. The molecular formula is C17H21O7P. The fraction of sp³-hybridized carbons (Fsp3) is 0.294. The Morgan fingerprint density at radius 1 is 0.960 bits per heavy atom. The fourth-order valence-corrected chi connectivity index (χ4v) is 3.90. The molecule has 0 aromatic heterocycles. The maximum absolute atomic E-state index is 13.2. The van der Waals surface area contributed by atoms with E-state index in [-0.39, 0.29) is 0 Å². The zero-order valence-corrected chi connectivity index (χ0v) is 15.3. The molecule has 1 aromatic carbocycles. The summed E-state index contributed by atoms with van der Waals surface area (Å²) < 4.78 is 33.1. The Kier molecular flexibility index (Phi) is 7.77. The van der Waals surface area contributed by atoms with Crippen molar-refractivity contribution < 1.29 is 32.7 Å². The predicted octanol–water partition coefficient (Wildman–Crippen LogP) is 2.84. The Balaban J connectivity index is 3.07. The molecule has 0 bridgehead atoms. The zero-order chi connectivity index (χ0) is 19.0. The third kappa shape index (κ3) is 5.98. The van der Waals surface area contributed by atoms with E-state index < -0.39 is 33.1 Å². The summed E-state index contributed by atoms with van der Waals surface area (Å²) in [6.45, 7) is 10.7. The summed E-state index contributed by atoms with van der Waals surface area (Å²) in [5.74, 6) is -1.47. The number of benzene rings is 1. The number of hydrogen-bond acceptors (Lipinski definition) is 7. The molecule has 7 nitrogen and oxygen atoms in total. The monoisotopic (exact) mass is 368 g/mol. The van der Waals surface area contributed by atoms with E-state index in [0.717, 1.165) is 17.7 Å². The minimum atomic E-state index is -3.92. The van der Waals surface area contributed by atoms with E-state index >= 15 is 0 Å². The van der Waals surface area contributed by atoms with Gasteiger partial charge in [-0.1, -0.05) is 30.9 Å². The number of esters is 2. The van der Waals surface area contributed by atoms with Crippen LogP contribution in [0.3, 0.4) is 0 Å². The standard InChI is InChI=1S/C17H21O7P/c1-6-15(18)21-10-23-25(20,24-11-22-16(19)7-2)17-13(4)8-12(3)9-14(17)5/h6-9H,1-2,10-11H2,3-5H3. The molecule has 0 spiro atoms. The molecule has 0 saturated carbocycles. The highest BCUT2D eigenvalue weighted by Crippen LogP contribution is 2.48. The highest BCUT2D eigenvalue weighted by Gasteiger charge is 2.32. The number of carbonyl (C=O) groups excluding carboxylic acids is 2. The Morgan fingerprint density at radius 3 is 1.72 bits per heavy atom. The van der Waals surface area contributed by atoms with Crippen LogP contribution >= 0.6 is 7.60 Å². The molecule has 0 N–H and O–H groups in total. The molecule has 1 rings (SSSR count). The minimum Gasteiger partial charge on any atom is -0.435 e. The van der Waals surface area contributed by atoms with E-state index in [1.165, 1.54) is 0 Å². The second-order valence-corrected chi connectivity index (χ2v) is 7.03. The van der Waals surface area contributed by atoms with Gasteiger partial charge in [0.05, 0.1) is 5.30 Å². The van der Waals surface area contributed by atoms with Gasteiger partial charge in [-0.15, -0.1) is 0 Å². The van der Waals surface area contributed by atoms with Crippen LogP contribution in [0.15, 0.2) is 37.4 Å². The van der Waals surface area contributed by atoms with Crippen LogP contribution in [0.5, 0.6) is 0 Å². The van der Waals surface area contributed by atoms with E-state index in [9.17, 15) is 14.2 Å². The second-order valence-electron chi connectivity index (χ2n) is 5.07. The lowest BCUT2D eigenvalue weighted by Crippen LogP contribution is -2.20. The van der Waals surface area contributed by atoms with Crippen LogP contribution in [0.4, 0.5) is 0 Å². The van der Waals surface area contributed by atoms with Crippen LogP contribution in [-0.2, 0) is 32.7 Å². The van der Waals surface area contributed by atoms with Gasteiger partial charge in [-0.25, -0.2) is 9.59 Å². The lowest BCUT2D eigenvalue weighted by Gasteiger charge is -2.22. The van der Waals surface area contributed by atoms with E-state index in [2.05, 4.69) is 13.2 Å². The molecule has 0 radical (unpaired) electrons. The molecule has 0 aliphatic heterocycles. The fourth-order valence-electron chi connectivity index (χ4n) is 2.20. The lowest BCUT2D eigenvalue weighted by molar-refractivity contribution is -0.145. The van der Waals surface area contributed by atoms with Crippen molar-refractivity contribution in [2.24, 2.45) is 0 Å². The van der Waals surface area contributed by atoms with Gasteiger partial charge in [0.15, 0.2) is 0 Å². The first-order valence-corrected chi connectivity index (χ1v) is 8.83.